The lowest BCUT2D eigenvalue weighted by Gasteiger charge is -2.23. The Kier molecular flexibility index (Phi) is 9.30. The van der Waals surface area contributed by atoms with E-state index in [9.17, 15) is 13.9 Å². The summed E-state index contributed by atoms with van der Waals surface area (Å²) >= 11 is 8.09. The Hall–Kier alpha value is -2.90. The average Bonchev–Trinajstić information content (AvgIpc) is 3.80. The van der Waals surface area contributed by atoms with Gasteiger partial charge in [-0.1, -0.05) is 42.4 Å². The van der Waals surface area contributed by atoms with E-state index in [1.54, 1.807) is 22.8 Å². The number of benzene rings is 1. The molecule has 2 fully saturated rings. The zero-order chi connectivity index (χ0) is 32.8. The summed E-state index contributed by atoms with van der Waals surface area (Å²) in [4.78, 5) is 24.2. The highest BCUT2D eigenvalue weighted by Crippen LogP contribution is 2.57. The van der Waals surface area contributed by atoms with Crippen LogP contribution >= 0.6 is 38.1 Å². The standard InChI is InChI=1S/C24H29N9O9P2S2/c1-12-6-19(33-14-5-3-4-13(23(26)34)20(14)30-31-33)40-16(12)8-39-44(36,46)42-15-7-18(41-17(15)9-38-43(35,45)37-2)32-11-29-21-22(25)27-10-28-24(21)32/h3-5,10-11,15-19H,1,6-9H2,2H3,(H2,26,34)(H,35,45)(H,36,46)(H2,25,27,28)/t15-,16+,17+,18+,19+,43?,44+/m0/s1. The minimum Gasteiger partial charge on any atom is -0.382 e. The van der Waals surface area contributed by atoms with Gasteiger partial charge in [-0.15, -0.1) is 5.10 Å². The molecule has 3 aromatic heterocycles. The Morgan fingerprint density at radius 1 is 1.11 bits per heavy atom. The van der Waals surface area contributed by atoms with Crippen LogP contribution in [0.25, 0.3) is 22.2 Å². The van der Waals surface area contributed by atoms with Crippen molar-refractivity contribution < 1.29 is 41.5 Å². The lowest BCUT2D eigenvalue weighted by Crippen LogP contribution is -2.28. The van der Waals surface area contributed by atoms with Gasteiger partial charge < -0.3 is 25.5 Å². The summed E-state index contributed by atoms with van der Waals surface area (Å²) in [7, 11) is 1.19. The largest absolute Gasteiger partial charge is 0.386 e. The number of anilines is 1. The molecular formula is C24H29N9O9P2S2. The molecule has 1 aromatic carbocycles. The number of carbonyl (C=O) groups excluding carboxylic acids is 1. The number of nitrogens with zero attached hydrogens (tertiary/aromatic N) is 7. The van der Waals surface area contributed by atoms with Crippen molar-refractivity contribution in [2.75, 3.05) is 26.1 Å². The van der Waals surface area contributed by atoms with Gasteiger partial charge in [0.05, 0.1) is 30.6 Å². The molecule has 0 bridgehead atoms. The van der Waals surface area contributed by atoms with E-state index in [0.717, 1.165) is 0 Å². The Bertz CT molecular complexity index is 1910. The van der Waals surface area contributed by atoms with Crippen molar-refractivity contribution in [2.24, 2.45) is 5.73 Å². The van der Waals surface area contributed by atoms with Gasteiger partial charge in [-0.3, -0.25) is 22.9 Å². The second kappa shape index (κ2) is 13.0. The summed E-state index contributed by atoms with van der Waals surface area (Å²) in [6.07, 6.45) is -0.633. The van der Waals surface area contributed by atoms with Crippen LogP contribution in [-0.2, 0) is 36.7 Å². The normalized spacial score (nSPS) is 26.1. The Labute approximate surface area is 271 Å². The lowest BCUT2D eigenvalue weighted by atomic mass is 10.1. The van der Waals surface area contributed by atoms with E-state index < -0.39 is 50.3 Å². The van der Waals surface area contributed by atoms with Gasteiger partial charge in [-0.2, -0.15) is 0 Å². The summed E-state index contributed by atoms with van der Waals surface area (Å²) in [6, 6.07) is 4.96. The van der Waals surface area contributed by atoms with Gasteiger partial charge >= 0.3 is 13.6 Å². The maximum atomic E-state index is 13.5. The average molecular weight is 714 g/mol. The van der Waals surface area contributed by atoms with Crippen LogP contribution in [-0.4, -0.2) is 79.1 Å². The van der Waals surface area contributed by atoms with E-state index in [4.69, 9.17) is 39.0 Å². The van der Waals surface area contributed by atoms with Crippen molar-refractivity contribution in [3.05, 3.63) is 48.6 Å². The van der Waals surface area contributed by atoms with Crippen LogP contribution < -0.4 is 11.5 Å². The minimum atomic E-state index is -4.06. The molecule has 18 nitrogen and oxygen atoms in total. The van der Waals surface area contributed by atoms with Crippen LogP contribution in [0.5, 0.6) is 0 Å². The predicted molar refractivity (Wildman–Crippen MR) is 169 cm³/mol. The second-order valence-corrected chi connectivity index (χ2v) is 16.2. The van der Waals surface area contributed by atoms with Crippen molar-refractivity contribution in [1.29, 1.82) is 0 Å². The third kappa shape index (κ3) is 6.73. The number of nitrogen functional groups attached to an aromatic ring is 1. The molecule has 0 radical (unpaired) electrons. The van der Waals surface area contributed by atoms with Crippen LogP contribution in [0, 0.1) is 0 Å². The molecule has 0 aliphatic carbocycles. The zero-order valence-corrected chi connectivity index (χ0v) is 27.6. The van der Waals surface area contributed by atoms with E-state index in [1.807, 2.05) is 0 Å². The molecule has 4 aromatic rings. The van der Waals surface area contributed by atoms with E-state index >= 15 is 0 Å². The van der Waals surface area contributed by atoms with Gasteiger partial charge in [0.25, 0.3) is 5.91 Å². The molecule has 46 heavy (non-hydrogen) atoms. The molecule has 6 rings (SSSR count). The fourth-order valence-electron chi connectivity index (χ4n) is 5.16. The molecule has 2 saturated heterocycles. The van der Waals surface area contributed by atoms with Crippen molar-refractivity contribution in [3.8, 4) is 0 Å². The fraction of sp³-hybridized carbons (Fsp3) is 0.417. The second-order valence-electron chi connectivity index (χ2n) is 10.3. The number of hydrogen-bond acceptors (Lipinski definition) is 15. The number of carbonyl (C=O) groups is 1. The number of fused-ring (bicyclic) bond motifs is 2. The van der Waals surface area contributed by atoms with Gasteiger partial charge in [0.1, 0.15) is 41.9 Å². The first kappa shape index (κ1) is 33.0. The lowest BCUT2D eigenvalue weighted by molar-refractivity contribution is -0.0391. The van der Waals surface area contributed by atoms with Gasteiger partial charge in [-0.05, 0) is 17.7 Å². The highest BCUT2D eigenvalue weighted by Gasteiger charge is 2.43. The number of amides is 1. The Morgan fingerprint density at radius 2 is 1.89 bits per heavy atom. The van der Waals surface area contributed by atoms with Crippen LogP contribution in [0.2, 0.25) is 0 Å². The fourth-order valence-corrected chi connectivity index (χ4v) is 7.31. The smallest absolute Gasteiger partial charge is 0.382 e. The van der Waals surface area contributed by atoms with Crippen LogP contribution in [0.3, 0.4) is 0 Å². The third-order valence-corrected chi connectivity index (χ3v) is 10.8. The number of thiol groups is 2. The van der Waals surface area contributed by atoms with Crippen LogP contribution in [0.1, 0.15) is 35.7 Å². The molecule has 22 heteroatoms. The topological polar surface area (TPSA) is 233 Å². The minimum absolute atomic E-state index is 0.128. The predicted octanol–water partition coefficient (Wildman–Crippen LogP) is 3.22. The monoisotopic (exact) mass is 713 g/mol. The number of primary amides is 1. The maximum absolute atomic E-state index is 13.5. The first-order valence-corrected chi connectivity index (χ1v) is 19.0. The molecule has 0 spiro atoms. The van der Waals surface area contributed by atoms with Crippen LogP contribution in [0.15, 0.2) is 43.0 Å². The van der Waals surface area contributed by atoms with Crippen molar-refractivity contribution in [2.45, 2.75) is 43.6 Å². The zero-order valence-electron chi connectivity index (χ0n) is 24.1. The number of nitrogens with two attached hydrogens (primary N) is 2. The van der Waals surface area contributed by atoms with Crippen molar-refractivity contribution in [1.82, 2.24) is 34.5 Å². The van der Waals surface area contributed by atoms with Crippen LogP contribution in [0.4, 0.5) is 5.82 Å². The number of rotatable bonds is 12. The highest BCUT2D eigenvalue weighted by molar-refractivity contribution is 8.44. The van der Waals surface area contributed by atoms with Gasteiger partial charge in [0.15, 0.2) is 17.7 Å². The molecule has 2 aliphatic rings. The highest BCUT2D eigenvalue weighted by atomic mass is 32.7. The Balaban J connectivity index is 1.14. The van der Waals surface area contributed by atoms with E-state index in [-0.39, 0.29) is 31.0 Å². The van der Waals surface area contributed by atoms with Gasteiger partial charge in [0.2, 0.25) is 0 Å². The molecule has 0 saturated carbocycles. The summed E-state index contributed by atoms with van der Waals surface area (Å²) in [6.45, 7) is -4.21. The molecule has 4 N–H and O–H groups in total. The summed E-state index contributed by atoms with van der Waals surface area (Å²) in [5.74, 6) is -0.447. The molecule has 7 atom stereocenters. The number of imidazole rings is 1. The first-order valence-electron chi connectivity index (χ1n) is 13.6. The summed E-state index contributed by atoms with van der Waals surface area (Å²) in [5.41, 5.74) is 13.9. The summed E-state index contributed by atoms with van der Waals surface area (Å²) < 4.78 is 62.7. The van der Waals surface area contributed by atoms with Crippen molar-refractivity contribution >= 4 is 72.0 Å². The molecule has 1 amide bonds. The molecule has 5 heterocycles. The molecule has 2 aliphatic heterocycles. The maximum Gasteiger partial charge on any atom is 0.386 e. The number of hydrogen-bond donors (Lipinski definition) is 4. The molecule has 246 valence electrons. The van der Waals surface area contributed by atoms with Gasteiger partial charge in [-0.25, -0.2) is 28.8 Å². The Morgan fingerprint density at radius 3 is 2.65 bits per heavy atom. The SMILES string of the molecule is C=C1C[C@H](n2nnc3c(C(N)=O)cccc32)O[C@@H]1CO[P@@](=O)(S)O[C@H]1C[C@H](n2cnc3c(N)ncnc32)O[C@@H]1COP(=O)(S)OC. The molecule has 1 unspecified atom stereocenters. The number of ether oxygens (including phenoxy) is 2. The summed E-state index contributed by atoms with van der Waals surface area (Å²) in [5, 5.41) is 8.23. The van der Waals surface area contributed by atoms with E-state index in [0.29, 0.717) is 34.2 Å². The van der Waals surface area contributed by atoms with Gasteiger partial charge in [0, 0.05) is 20.0 Å². The third-order valence-electron chi connectivity index (χ3n) is 7.42. The molecular weight excluding hydrogens is 684 g/mol. The quantitative estimate of drug-likeness (QED) is 0.0938. The van der Waals surface area contributed by atoms with E-state index in [1.165, 1.54) is 24.4 Å². The van der Waals surface area contributed by atoms with Crippen molar-refractivity contribution in [3.63, 3.8) is 0 Å². The number of aromatic nitrogens is 7. The first-order chi connectivity index (χ1) is 21.9. The van der Waals surface area contributed by atoms with E-state index in [2.05, 4.69) is 56.3 Å².